The summed E-state index contributed by atoms with van der Waals surface area (Å²) in [4.78, 5) is 18.7. The first-order valence-corrected chi connectivity index (χ1v) is 8.32. The highest BCUT2D eigenvalue weighted by molar-refractivity contribution is 5.81. The van der Waals surface area contributed by atoms with E-state index < -0.39 is 6.10 Å². The maximum absolute atomic E-state index is 12.6. The van der Waals surface area contributed by atoms with E-state index in [1.165, 1.54) is 0 Å². The third-order valence-corrected chi connectivity index (χ3v) is 4.34. The molecule has 0 saturated carbocycles. The zero-order valence-corrected chi connectivity index (χ0v) is 14.3. The van der Waals surface area contributed by atoms with Gasteiger partial charge in [0.25, 0.3) is 5.91 Å². The van der Waals surface area contributed by atoms with E-state index in [1.807, 2.05) is 4.90 Å². The molecule has 1 saturated heterocycles. The quantitative estimate of drug-likeness (QED) is 0.849. The van der Waals surface area contributed by atoms with Crippen LogP contribution in [-0.4, -0.2) is 40.1 Å². The Morgan fingerprint density at radius 3 is 2.60 bits per heavy atom. The molecule has 7 heteroatoms. The van der Waals surface area contributed by atoms with Crippen LogP contribution in [0.5, 0.6) is 5.75 Å². The van der Waals surface area contributed by atoms with Crippen molar-refractivity contribution in [3.63, 3.8) is 0 Å². The predicted molar refractivity (Wildman–Crippen MR) is 88.8 cm³/mol. The number of carbonyl (C=O) groups is 1. The van der Waals surface area contributed by atoms with Gasteiger partial charge in [-0.3, -0.25) is 4.79 Å². The Balaban J connectivity index is 1.53. The molecule has 2 heterocycles. The maximum Gasteiger partial charge on any atom is 0.263 e. The number of aromatic nitrogens is 2. The van der Waals surface area contributed by atoms with Gasteiger partial charge >= 0.3 is 0 Å². The zero-order chi connectivity index (χ0) is 17.8. The van der Waals surface area contributed by atoms with Crippen molar-refractivity contribution in [1.29, 1.82) is 5.26 Å². The van der Waals surface area contributed by atoms with Crippen molar-refractivity contribution in [3.8, 4) is 11.8 Å². The van der Waals surface area contributed by atoms with Gasteiger partial charge in [0.2, 0.25) is 5.89 Å². The molecule has 1 aromatic heterocycles. The molecule has 7 nitrogen and oxygen atoms in total. The smallest absolute Gasteiger partial charge is 0.263 e. The molecule has 1 atom stereocenters. The highest BCUT2D eigenvalue weighted by Crippen LogP contribution is 2.27. The summed E-state index contributed by atoms with van der Waals surface area (Å²) in [6.07, 6.45) is 1.03. The number of aryl methyl sites for hydroxylation is 1. The lowest BCUT2D eigenvalue weighted by atomic mass is 9.96. The van der Waals surface area contributed by atoms with E-state index in [0.717, 1.165) is 12.8 Å². The summed E-state index contributed by atoms with van der Waals surface area (Å²) in [5.41, 5.74) is 0.560. The summed E-state index contributed by atoms with van der Waals surface area (Å²) in [5.74, 6) is 2.05. The lowest BCUT2D eigenvalue weighted by molar-refractivity contribution is -0.139. The van der Waals surface area contributed by atoms with E-state index in [2.05, 4.69) is 16.2 Å². The Bertz CT molecular complexity index is 770. The minimum Gasteiger partial charge on any atom is -0.481 e. The molecule has 1 aliphatic rings. The second-order valence-corrected chi connectivity index (χ2v) is 6.18. The number of benzene rings is 1. The van der Waals surface area contributed by atoms with Crippen molar-refractivity contribution in [2.75, 3.05) is 13.1 Å². The molecule has 1 amide bonds. The number of piperidine rings is 1. The van der Waals surface area contributed by atoms with Crippen LogP contribution in [0.15, 0.2) is 28.8 Å². The molecule has 0 spiro atoms. The fraction of sp³-hybridized carbons (Fsp3) is 0.444. The van der Waals surface area contributed by atoms with Crippen molar-refractivity contribution in [2.24, 2.45) is 0 Å². The van der Waals surface area contributed by atoms with Gasteiger partial charge in [0, 0.05) is 19.0 Å². The molecule has 25 heavy (non-hydrogen) atoms. The molecule has 1 fully saturated rings. The number of likely N-dealkylation sites (tertiary alicyclic amines) is 1. The normalized spacial score (nSPS) is 16.3. The maximum atomic E-state index is 12.6. The first-order valence-electron chi connectivity index (χ1n) is 8.32. The minimum atomic E-state index is -0.574. The van der Waals surface area contributed by atoms with E-state index in [-0.39, 0.29) is 11.8 Å². The Morgan fingerprint density at radius 1 is 1.36 bits per heavy atom. The van der Waals surface area contributed by atoms with Gasteiger partial charge < -0.3 is 14.2 Å². The van der Waals surface area contributed by atoms with Gasteiger partial charge in [-0.15, -0.1) is 0 Å². The number of carbonyl (C=O) groups excluding carboxylic acids is 1. The van der Waals surface area contributed by atoms with Gasteiger partial charge in [-0.1, -0.05) is 5.16 Å². The predicted octanol–water partition coefficient (Wildman–Crippen LogP) is 2.42. The van der Waals surface area contributed by atoms with Gasteiger partial charge in [0.15, 0.2) is 11.9 Å². The van der Waals surface area contributed by atoms with Crippen LogP contribution >= 0.6 is 0 Å². The molecule has 130 valence electrons. The standard InChI is InChI=1S/C18H20N4O3/c1-12(24-16-5-3-14(11-19)4-6-16)18(23)22-9-7-15(8-10-22)17-20-13(2)21-25-17/h3-6,12,15H,7-10H2,1-2H3. The number of amides is 1. The van der Waals surface area contributed by atoms with Gasteiger partial charge in [-0.25, -0.2) is 0 Å². The second-order valence-electron chi connectivity index (χ2n) is 6.18. The third-order valence-electron chi connectivity index (χ3n) is 4.34. The fourth-order valence-electron chi connectivity index (χ4n) is 2.95. The monoisotopic (exact) mass is 340 g/mol. The molecule has 2 aromatic rings. The van der Waals surface area contributed by atoms with Crippen LogP contribution in [0.2, 0.25) is 0 Å². The van der Waals surface area contributed by atoms with Crippen LogP contribution in [0.3, 0.4) is 0 Å². The summed E-state index contributed by atoms with van der Waals surface area (Å²) in [5, 5.41) is 12.6. The van der Waals surface area contributed by atoms with Gasteiger partial charge in [0.1, 0.15) is 5.75 Å². The fourth-order valence-corrected chi connectivity index (χ4v) is 2.95. The molecule has 0 radical (unpaired) electrons. The summed E-state index contributed by atoms with van der Waals surface area (Å²) in [6.45, 7) is 4.83. The SMILES string of the molecule is Cc1noc(C2CCN(C(=O)C(C)Oc3ccc(C#N)cc3)CC2)n1. The molecular formula is C18H20N4O3. The summed E-state index contributed by atoms with van der Waals surface area (Å²) < 4.78 is 10.9. The molecule has 3 rings (SSSR count). The van der Waals surface area contributed by atoms with Crippen LogP contribution in [-0.2, 0) is 4.79 Å². The summed E-state index contributed by atoms with van der Waals surface area (Å²) >= 11 is 0. The molecule has 1 aromatic carbocycles. The highest BCUT2D eigenvalue weighted by Gasteiger charge is 2.29. The van der Waals surface area contributed by atoms with E-state index in [4.69, 9.17) is 14.5 Å². The van der Waals surface area contributed by atoms with Crippen molar-refractivity contribution in [1.82, 2.24) is 15.0 Å². The van der Waals surface area contributed by atoms with Crippen molar-refractivity contribution in [3.05, 3.63) is 41.5 Å². The average Bonchev–Trinajstić information content (AvgIpc) is 3.08. The highest BCUT2D eigenvalue weighted by atomic mass is 16.5. The van der Waals surface area contributed by atoms with Crippen LogP contribution in [0.4, 0.5) is 0 Å². The number of nitrogens with zero attached hydrogens (tertiary/aromatic N) is 4. The number of ether oxygens (including phenoxy) is 1. The van der Waals surface area contributed by atoms with Crippen molar-refractivity contribution < 1.29 is 14.1 Å². The van der Waals surface area contributed by atoms with E-state index in [9.17, 15) is 4.79 Å². The molecule has 0 aliphatic carbocycles. The van der Waals surface area contributed by atoms with Crippen molar-refractivity contribution >= 4 is 5.91 Å². The van der Waals surface area contributed by atoms with Gasteiger partial charge in [0.05, 0.1) is 11.6 Å². The van der Waals surface area contributed by atoms with E-state index in [0.29, 0.717) is 36.1 Å². The Morgan fingerprint density at radius 2 is 2.04 bits per heavy atom. The number of hydrogen-bond acceptors (Lipinski definition) is 6. The summed E-state index contributed by atoms with van der Waals surface area (Å²) in [7, 11) is 0. The number of rotatable bonds is 4. The zero-order valence-electron chi connectivity index (χ0n) is 14.3. The lowest BCUT2D eigenvalue weighted by Gasteiger charge is -2.32. The molecule has 1 aliphatic heterocycles. The number of nitriles is 1. The van der Waals surface area contributed by atoms with E-state index >= 15 is 0 Å². The minimum absolute atomic E-state index is 0.0375. The Labute approximate surface area is 146 Å². The van der Waals surface area contributed by atoms with E-state index in [1.54, 1.807) is 38.1 Å². The van der Waals surface area contributed by atoms with Crippen LogP contribution in [0, 0.1) is 18.3 Å². The molecule has 0 bridgehead atoms. The van der Waals surface area contributed by atoms with Gasteiger partial charge in [-0.05, 0) is 51.0 Å². The summed E-state index contributed by atoms with van der Waals surface area (Å²) in [6, 6.07) is 8.80. The lowest BCUT2D eigenvalue weighted by Crippen LogP contribution is -2.44. The second kappa shape index (κ2) is 7.34. The molecule has 0 N–H and O–H groups in total. The average molecular weight is 340 g/mol. The molecular weight excluding hydrogens is 320 g/mol. The first kappa shape index (κ1) is 17.0. The topological polar surface area (TPSA) is 92.3 Å². The number of hydrogen-bond donors (Lipinski definition) is 0. The Kier molecular flexibility index (Phi) is 4.98. The van der Waals surface area contributed by atoms with Crippen molar-refractivity contribution in [2.45, 2.75) is 38.7 Å². The first-order chi connectivity index (χ1) is 12.1. The van der Waals surface area contributed by atoms with Gasteiger partial charge in [-0.2, -0.15) is 10.2 Å². The molecule has 1 unspecified atom stereocenters. The van der Waals surface area contributed by atoms with Crippen LogP contribution < -0.4 is 4.74 Å². The third kappa shape index (κ3) is 3.97. The van der Waals surface area contributed by atoms with Crippen LogP contribution in [0.25, 0.3) is 0 Å². The van der Waals surface area contributed by atoms with Crippen LogP contribution in [0.1, 0.15) is 43.0 Å². The largest absolute Gasteiger partial charge is 0.481 e. The Hall–Kier alpha value is -2.88.